The van der Waals surface area contributed by atoms with Crippen molar-refractivity contribution in [2.24, 2.45) is 5.16 Å². The molecule has 2 aliphatic rings. The molecule has 29 heavy (non-hydrogen) atoms. The quantitative estimate of drug-likeness (QED) is 0.717. The van der Waals surface area contributed by atoms with Crippen LogP contribution in [0, 0.1) is 0 Å². The third kappa shape index (κ3) is 4.89. The summed E-state index contributed by atoms with van der Waals surface area (Å²) in [4.78, 5) is 29.6. The zero-order valence-corrected chi connectivity index (χ0v) is 17.2. The fourth-order valence-corrected chi connectivity index (χ4v) is 4.08. The highest BCUT2D eigenvalue weighted by atomic mass is 16.7. The molecule has 0 radical (unpaired) electrons. The highest BCUT2D eigenvalue weighted by Crippen LogP contribution is 2.39. The molecule has 0 aromatic heterocycles. The normalized spacial score (nSPS) is 22.7. The molecule has 1 unspecified atom stereocenters. The number of hydrogen-bond donors (Lipinski definition) is 2. The predicted molar refractivity (Wildman–Crippen MR) is 107 cm³/mol. The highest BCUT2D eigenvalue weighted by molar-refractivity contribution is 6.06. The molecule has 0 saturated heterocycles. The first kappa shape index (κ1) is 21.1. The number of esters is 1. The molecular formula is C22H29NO6. The third-order valence-electron chi connectivity index (χ3n) is 5.42. The molecule has 7 nitrogen and oxygen atoms in total. The Labute approximate surface area is 170 Å². The monoisotopic (exact) mass is 403 g/mol. The molecule has 0 amide bonds. The standard InChI is InChI=1S/C22H29NO6/c1-21(2,3)28-19(25)13-22(20(26)27)12-18(23-29-22)17-11-15(24)9-10-16(17)14-7-5-4-6-8-14/h9-11,14,24H,4-8,12-13H2,1-3H3,(H,26,27). The molecule has 1 aliphatic heterocycles. The number of aliphatic carboxylic acids is 1. The Bertz CT molecular complexity index is 819. The van der Waals surface area contributed by atoms with E-state index in [4.69, 9.17) is 9.57 Å². The zero-order valence-electron chi connectivity index (χ0n) is 17.2. The average molecular weight is 403 g/mol. The van der Waals surface area contributed by atoms with Gasteiger partial charge < -0.3 is 19.8 Å². The van der Waals surface area contributed by atoms with Gasteiger partial charge in [0.15, 0.2) is 0 Å². The fraction of sp³-hybridized carbons (Fsp3) is 0.591. The van der Waals surface area contributed by atoms with E-state index < -0.39 is 29.6 Å². The number of carbonyl (C=O) groups is 2. The first-order chi connectivity index (χ1) is 13.6. The molecule has 1 aromatic carbocycles. The van der Waals surface area contributed by atoms with E-state index >= 15 is 0 Å². The number of phenolic OH excluding ortho intramolecular Hbond substituents is 1. The lowest BCUT2D eigenvalue weighted by atomic mass is 9.80. The topological polar surface area (TPSA) is 105 Å². The van der Waals surface area contributed by atoms with Crippen LogP contribution >= 0.6 is 0 Å². The van der Waals surface area contributed by atoms with Crippen LogP contribution in [0.5, 0.6) is 5.75 Å². The Balaban J connectivity index is 1.85. The molecule has 1 atom stereocenters. The number of carboxylic acid groups (broad SMARTS) is 1. The van der Waals surface area contributed by atoms with Crippen molar-refractivity contribution < 1.29 is 29.4 Å². The summed E-state index contributed by atoms with van der Waals surface area (Å²) in [6.45, 7) is 5.16. The number of ether oxygens (including phenoxy) is 1. The van der Waals surface area contributed by atoms with Crippen LogP contribution in [0.25, 0.3) is 0 Å². The van der Waals surface area contributed by atoms with Crippen molar-refractivity contribution in [1.29, 1.82) is 0 Å². The van der Waals surface area contributed by atoms with Gasteiger partial charge in [-0.05, 0) is 57.2 Å². The maximum atomic E-state index is 12.3. The van der Waals surface area contributed by atoms with E-state index in [0.29, 0.717) is 17.2 Å². The van der Waals surface area contributed by atoms with Crippen LogP contribution in [-0.2, 0) is 19.2 Å². The van der Waals surface area contributed by atoms with Crippen LogP contribution in [0.15, 0.2) is 23.4 Å². The van der Waals surface area contributed by atoms with E-state index in [1.807, 2.05) is 6.07 Å². The molecule has 0 bridgehead atoms. The largest absolute Gasteiger partial charge is 0.508 e. The number of benzene rings is 1. The van der Waals surface area contributed by atoms with Crippen molar-refractivity contribution in [1.82, 2.24) is 0 Å². The fourth-order valence-electron chi connectivity index (χ4n) is 4.08. The molecular weight excluding hydrogens is 374 g/mol. The minimum Gasteiger partial charge on any atom is -0.508 e. The smallest absolute Gasteiger partial charge is 0.351 e. The Kier molecular flexibility index (Phi) is 5.87. The summed E-state index contributed by atoms with van der Waals surface area (Å²) in [5.74, 6) is -1.49. The molecule has 1 aromatic rings. The maximum absolute atomic E-state index is 12.3. The second kappa shape index (κ2) is 8.05. The van der Waals surface area contributed by atoms with Crippen molar-refractivity contribution in [3.05, 3.63) is 29.3 Å². The molecule has 158 valence electrons. The van der Waals surface area contributed by atoms with E-state index in [1.165, 1.54) is 6.42 Å². The Morgan fingerprint density at radius 3 is 2.55 bits per heavy atom. The molecule has 0 spiro atoms. The van der Waals surface area contributed by atoms with Gasteiger partial charge in [-0.2, -0.15) is 0 Å². The van der Waals surface area contributed by atoms with Gasteiger partial charge in [0.2, 0.25) is 5.60 Å². The SMILES string of the molecule is CC(C)(C)OC(=O)CC1(C(=O)O)CC(c2cc(O)ccc2C2CCCCC2)=NO1. The van der Waals surface area contributed by atoms with Crippen LogP contribution in [0.4, 0.5) is 0 Å². The van der Waals surface area contributed by atoms with Gasteiger partial charge >= 0.3 is 11.9 Å². The van der Waals surface area contributed by atoms with E-state index in [0.717, 1.165) is 31.2 Å². The summed E-state index contributed by atoms with van der Waals surface area (Å²) < 4.78 is 5.28. The molecule has 7 heteroatoms. The van der Waals surface area contributed by atoms with Gasteiger partial charge in [-0.15, -0.1) is 0 Å². The van der Waals surface area contributed by atoms with Gasteiger partial charge in [-0.3, -0.25) is 4.79 Å². The number of hydrogen-bond acceptors (Lipinski definition) is 6. The Morgan fingerprint density at radius 1 is 1.24 bits per heavy atom. The second-order valence-corrected chi connectivity index (χ2v) is 8.98. The number of nitrogens with zero attached hydrogens (tertiary/aromatic N) is 1. The average Bonchev–Trinajstić information content (AvgIpc) is 3.06. The Morgan fingerprint density at radius 2 is 1.93 bits per heavy atom. The minimum atomic E-state index is -1.80. The third-order valence-corrected chi connectivity index (χ3v) is 5.42. The van der Waals surface area contributed by atoms with Gasteiger partial charge in [-0.25, -0.2) is 4.79 Å². The first-order valence-corrected chi connectivity index (χ1v) is 10.1. The lowest BCUT2D eigenvalue weighted by Crippen LogP contribution is -2.42. The summed E-state index contributed by atoms with van der Waals surface area (Å²) in [6, 6.07) is 5.14. The van der Waals surface area contributed by atoms with Crippen LogP contribution in [0.1, 0.15) is 82.8 Å². The van der Waals surface area contributed by atoms with Crippen molar-refractivity contribution in [2.75, 3.05) is 0 Å². The lowest BCUT2D eigenvalue weighted by molar-refractivity contribution is -0.175. The van der Waals surface area contributed by atoms with E-state index in [9.17, 15) is 19.8 Å². The first-order valence-electron chi connectivity index (χ1n) is 10.1. The Hall–Kier alpha value is -2.57. The second-order valence-electron chi connectivity index (χ2n) is 8.98. The number of phenols is 1. The van der Waals surface area contributed by atoms with E-state index in [2.05, 4.69) is 5.16 Å². The molecule has 3 rings (SSSR count). The van der Waals surface area contributed by atoms with Gasteiger partial charge in [0.25, 0.3) is 0 Å². The van der Waals surface area contributed by atoms with Gasteiger partial charge in [0, 0.05) is 12.0 Å². The maximum Gasteiger partial charge on any atom is 0.351 e. The molecule has 2 N–H and O–H groups in total. The summed E-state index contributed by atoms with van der Waals surface area (Å²) in [6.07, 6.45) is 5.10. The van der Waals surface area contributed by atoms with Crippen molar-refractivity contribution in [3.8, 4) is 5.75 Å². The van der Waals surface area contributed by atoms with E-state index in [1.54, 1.807) is 32.9 Å². The van der Waals surface area contributed by atoms with Crippen LogP contribution < -0.4 is 0 Å². The van der Waals surface area contributed by atoms with Crippen molar-refractivity contribution >= 4 is 17.7 Å². The predicted octanol–water partition coefficient (Wildman–Crippen LogP) is 4.12. The summed E-state index contributed by atoms with van der Waals surface area (Å²) in [7, 11) is 0. The van der Waals surface area contributed by atoms with Crippen LogP contribution in [0.2, 0.25) is 0 Å². The van der Waals surface area contributed by atoms with Gasteiger partial charge in [-0.1, -0.05) is 30.5 Å². The van der Waals surface area contributed by atoms with Gasteiger partial charge in [0.1, 0.15) is 11.4 Å². The minimum absolute atomic E-state index is 0.0647. The summed E-state index contributed by atoms with van der Waals surface area (Å²) >= 11 is 0. The van der Waals surface area contributed by atoms with E-state index in [-0.39, 0.29) is 12.2 Å². The highest BCUT2D eigenvalue weighted by Gasteiger charge is 2.50. The number of rotatable bonds is 5. The van der Waals surface area contributed by atoms with Crippen LogP contribution in [0.3, 0.4) is 0 Å². The summed E-state index contributed by atoms with van der Waals surface area (Å²) in [5.41, 5.74) is -0.342. The van der Waals surface area contributed by atoms with Crippen molar-refractivity contribution in [3.63, 3.8) is 0 Å². The number of aromatic hydroxyl groups is 1. The molecule has 1 saturated carbocycles. The molecule has 1 aliphatic carbocycles. The molecule has 1 heterocycles. The van der Waals surface area contributed by atoms with Crippen molar-refractivity contribution in [2.45, 2.75) is 82.8 Å². The molecule has 1 fully saturated rings. The number of carboxylic acids is 1. The lowest BCUT2D eigenvalue weighted by Gasteiger charge is -2.25. The van der Waals surface area contributed by atoms with Gasteiger partial charge in [0.05, 0.1) is 12.1 Å². The summed E-state index contributed by atoms with van der Waals surface area (Å²) in [5, 5.41) is 23.9. The number of oxime groups is 1. The number of carbonyl (C=O) groups excluding carboxylic acids is 1. The zero-order chi connectivity index (χ0) is 21.2. The van der Waals surface area contributed by atoms with Crippen LogP contribution in [-0.4, -0.2) is 39.1 Å².